The van der Waals surface area contributed by atoms with E-state index in [9.17, 15) is 13.2 Å². The first-order valence-electron chi connectivity index (χ1n) is 10.5. The third kappa shape index (κ3) is 5.93. The highest BCUT2D eigenvalue weighted by atomic mass is 32.2. The molecular weight excluding hydrogens is 446 g/mol. The molecule has 9 heteroatoms. The summed E-state index contributed by atoms with van der Waals surface area (Å²) in [4.78, 5) is 17.1. The zero-order valence-electron chi connectivity index (χ0n) is 17.7. The Morgan fingerprint density at radius 2 is 1.84 bits per heavy atom. The molecule has 3 aromatic rings. The first-order chi connectivity index (χ1) is 15.4. The molecule has 0 radical (unpaired) electrons. The van der Waals surface area contributed by atoms with Gasteiger partial charge in [-0.05, 0) is 61.7 Å². The summed E-state index contributed by atoms with van der Waals surface area (Å²) in [5, 5.41) is 5.60. The van der Waals surface area contributed by atoms with Crippen molar-refractivity contribution in [1.82, 2.24) is 15.0 Å². The second kappa shape index (κ2) is 9.81. The maximum atomic E-state index is 12.3. The Morgan fingerprint density at radius 3 is 2.50 bits per heavy atom. The molecule has 2 N–H and O–H groups in total. The molecule has 0 atom stereocenters. The van der Waals surface area contributed by atoms with Crippen LogP contribution in [-0.4, -0.2) is 32.0 Å². The van der Waals surface area contributed by atoms with Crippen LogP contribution >= 0.6 is 11.3 Å². The number of hydrogen-bond donors (Lipinski definition) is 2. The van der Waals surface area contributed by atoms with E-state index in [0.29, 0.717) is 18.8 Å². The Balaban J connectivity index is 1.29. The van der Waals surface area contributed by atoms with Crippen molar-refractivity contribution in [3.05, 3.63) is 65.2 Å². The molecule has 32 heavy (non-hydrogen) atoms. The number of aromatic nitrogens is 1. The van der Waals surface area contributed by atoms with E-state index in [1.807, 2.05) is 36.6 Å². The number of nitrogens with zero attached hydrogens (tertiary/aromatic N) is 1. The van der Waals surface area contributed by atoms with Crippen molar-refractivity contribution in [1.29, 1.82) is 0 Å². The van der Waals surface area contributed by atoms with Gasteiger partial charge in [0.25, 0.3) is 0 Å². The molecule has 1 heterocycles. The van der Waals surface area contributed by atoms with Crippen LogP contribution < -0.4 is 14.8 Å². The van der Waals surface area contributed by atoms with Crippen LogP contribution in [-0.2, 0) is 27.8 Å². The van der Waals surface area contributed by atoms with E-state index in [4.69, 9.17) is 4.74 Å². The number of sulfonamides is 1. The predicted molar refractivity (Wildman–Crippen MR) is 124 cm³/mol. The number of carbonyl (C=O) groups is 1. The van der Waals surface area contributed by atoms with Gasteiger partial charge < -0.3 is 10.1 Å². The van der Waals surface area contributed by atoms with Crippen LogP contribution in [0.2, 0.25) is 0 Å². The Hall–Kier alpha value is -2.75. The number of rotatable bonds is 10. The predicted octanol–water partition coefficient (Wildman–Crippen LogP) is 3.51. The van der Waals surface area contributed by atoms with Crippen molar-refractivity contribution >= 4 is 27.3 Å². The van der Waals surface area contributed by atoms with Gasteiger partial charge in [-0.2, -0.15) is 0 Å². The quantitative estimate of drug-likeness (QED) is 0.472. The second-order valence-electron chi connectivity index (χ2n) is 7.59. The Bertz CT molecular complexity index is 1170. The van der Waals surface area contributed by atoms with Gasteiger partial charge in [0, 0.05) is 23.5 Å². The molecule has 0 spiro atoms. The number of carbonyl (C=O) groups excluding carboxylic acids is 1. The van der Waals surface area contributed by atoms with Crippen molar-refractivity contribution in [2.45, 2.75) is 43.7 Å². The minimum Gasteiger partial charge on any atom is -0.494 e. The highest BCUT2D eigenvalue weighted by molar-refractivity contribution is 7.89. The van der Waals surface area contributed by atoms with E-state index < -0.39 is 10.0 Å². The summed E-state index contributed by atoms with van der Waals surface area (Å²) in [6.07, 6.45) is 1.97. The fourth-order valence-corrected chi connectivity index (χ4v) is 5.21. The van der Waals surface area contributed by atoms with Gasteiger partial charge in [0.1, 0.15) is 10.8 Å². The maximum absolute atomic E-state index is 12.3. The lowest BCUT2D eigenvalue weighted by atomic mass is 10.2. The summed E-state index contributed by atoms with van der Waals surface area (Å²) in [6, 6.07) is 14.4. The molecule has 0 saturated heterocycles. The van der Waals surface area contributed by atoms with E-state index in [-0.39, 0.29) is 23.3 Å². The van der Waals surface area contributed by atoms with Crippen molar-refractivity contribution < 1.29 is 17.9 Å². The lowest BCUT2D eigenvalue weighted by molar-refractivity contribution is -0.120. The molecule has 1 amide bonds. The summed E-state index contributed by atoms with van der Waals surface area (Å²) in [7, 11) is -3.46. The Morgan fingerprint density at radius 1 is 1.12 bits per heavy atom. The van der Waals surface area contributed by atoms with Gasteiger partial charge in [0.05, 0.1) is 23.6 Å². The molecule has 1 fully saturated rings. The van der Waals surface area contributed by atoms with Crippen molar-refractivity contribution in [2.75, 3.05) is 6.61 Å². The number of thiazole rings is 1. The average molecular weight is 472 g/mol. The molecule has 0 unspecified atom stereocenters. The zero-order chi connectivity index (χ0) is 22.6. The molecule has 4 rings (SSSR count). The van der Waals surface area contributed by atoms with Crippen molar-refractivity contribution in [2.24, 2.45) is 0 Å². The highest BCUT2D eigenvalue weighted by Crippen LogP contribution is 2.26. The van der Waals surface area contributed by atoms with Crippen LogP contribution in [0.5, 0.6) is 5.75 Å². The topological polar surface area (TPSA) is 97.4 Å². The van der Waals surface area contributed by atoms with E-state index in [0.717, 1.165) is 34.7 Å². The number of benzene rings is 2. The van der Waals surface area contributed by atoms with E-state index in [1.54, 1.807) is 24.3 Å². The highest BCUT2D eigenvalue weighted by Gasteiger charge is 2.27. The summed E-state index contributed by atoms with van der Waals surface area (Å²) in [6.45, 7) is 2.89. The monoisotopic (exact) mass is 471 g/mol. The average Bonchev–Trinajstić information content (AvgIpc) is 3.47. The fourth-order valence-electron chi connectivity index (χ4n) is 3.08. The van der Waals surface area contributed by atoms with Gasteiger partial charge in [-0.15, -0.1) is 11.3 Å². The molecule has 168 valence electrons. The Kier molecular flexibility index (Phi) is 6.88. The molecule has 1 aromatic heterocycles. The normalized spacial score (nSPS) is 13.7. The maximum Gasteiger partial charge on any atom is 0.240 e. The Labute approximate surface area is 191 Å². The zero-order valence-corrected chi connectivity index (χ0v) is 19.3. The number of amides is 1. The second-order valence-corrected chi connectivity index (χ2v) is 10.2. The van der Waals surface area contributed by atoms with Gasteiger partial charge >= 0.3 is 0 Å². The largest absolute Gasteiger partial charge is 0.494 e. The molecule has 2 aromatic carbocycles. The summed E-state index contributed by atoms with van der Waals surface area (Å²) >= 11 is 1.50. The van der Waals surface area contributed by atoms with Crippen LogP contribution in [0.1, 0.15) is 31.0 Å². The number of nitrogens with one attached hydrogen (secondary N) is 2. The van der Waals surface area contributed by atoms with Crippen LogP contribution in [0.3, 0.4) is 0 Å². The first-order valence-corrected chi connectivity index (χ1v) is 12.8. The molecule has 7 nitrogen and oxygen atoms in total. The van der Waals surface area contributed by atoms with E-state index in [1.165, 1.54) is 11.3 Å². The van der Waals surface area contributed by atoms with Gasteiger partial charge in [0.2, 0.25) is 15.9 Å². The smallest absolute Gasteiger partial charge is 0.240 e. The SMILES string of the molecule is CCOc1ccc(-c2nc(CC(=O)NCc3ccc(S(=O)(=O)NC4CC4)cc3)cs2)cc1. The van der Waals surface area contributed by atoms with E-state index >= 15 is 0 Å². The van der Waals surface area contributed by atoms with Crippen molar-refractivity contribution in [3.8, 4) is 16.3 Å². The molecule has 0 aliphatic heterocycles. The summed E-state index contributed by atoms with van der Waals surface area (Å²) in [5.74, 6) is 0.679. The molecular formula is C23H25N3O4S2. The molecule has 0 bridgehead atoms. The molecule has 1 aliphatic carbocycles. The van der Waals surface area contributed by atoms with Crippen LogP contribution in [0.15, 0.2) is 58.8 Å². The number of hydrogen-bond acceptors (Lipinski definition) is 6. The lowest BCUT2D eigenvalue weighted by Gasteiger charge is -2.08. The van der Waals surface area contributed by atoms with Gasteiger partial charge in [-0.3, -0.25) is 4.79 Å². The minimum atomic E-state index is -3.46. The third-order valence-corrected chi connectivity index (χ3v) is 7.40. The standard InChI is InChI=1S/C23H25N3O4S2/c1-2-30-20-9-5-17(6-10-20)23-25-19(15-31-23)13-22(27)24-14-16-3-11-21(12-4-16)32(28,29)26-18-7-8-18/h3-6,9-12,15,18,26H,2,7-8,13-14H2,1H3,(H,24,27). The molecule has 1 aliphatic rings. The van der Waals surface area contributed by atoms with Crippen LogP contribution in [0, 0.1) is 0 Å². The lowest BCUT2D eigenvalue weighted by Crippen LogP contribution is -2.26. The fraction of sp³-hybridized carbons (Fsp3) is 0.304. The van der Waals surface area contributed by atoms with Crippen molar-refractivity contribution in [3.63, 3.8) is 0 Å². The van der Waals surface area contributed by atoms with Gasteiger partial charge in [-0.1, -0.05) is 12.1 Å². The third-order valence-electron chi connectivity index (χ3n) is 4.93. The van der Waals surface area contributed by atoms with Crippen LogP contribution in [0.4, 0.5) is 0 Å². The van der Waals surface area contributed by atoms with Crippen LogP contribution in [0.25, 0.3) is 10.6 Å². The summed E-state index contributed by atoms with van der Waals surface area (Å²) < 4.78 is 32.6. The van der Waals surface area contributed by atoms with E-state index in [2.05, 4.69) is 15.0 Å². The summed E-state index contributed by atoms with van der Waals surface area (Å²) in [5.41, 5.74) is 2.53. The first kappa shape index (κ1) is 22.4. The van der Waals surface area contributed by atoms with Gasteiger partial charge in [0.15, 0.2) is 0 Å². The molecule has 1 saturated carbocycles. The minimum absolute atomic E-state index is 0.0691. The number of ether oxygens (including phenoxy) is 1. The van der Waals surface area contributed by atoms with Gasteiger partial charge in [-0.25, -0.2) is 18.1 Å².